The van der Waals surface area contributed by atoms with E-state index in [4.69, 9.17) is 0 Å². The number of halogens is 2. The van der Waals surface area contributed by atoms with Crippen molar-refractivity contribution in [3.63, 3.8) is 0 Å². The quantitative estimate of drug-likeness (QED) is 0.830. The Hall–Kier alpha value is -1.36. The first-order valence-corrected chi connectivity index (χ1v) is 5.53. The Kier molecular flexibility index (Phi) is 2.96. The average Bonchev–Trinajstić information content (AvgIpc) is 2.54. The van der Waals surface area contributed by atoms with Crippen LogP contribution in [0.1, 0.15) is 5.56 Å². The van der Waals surface area contributed by atoms with Crippen molar-refractivity contribution in [1.82, 2.24) is 9.13 Å². The van der Waals surface area contributed by atoms with Gasteiger partial charge in [0.05, 0.1) is 6.54 Å². The highest BCUT2D eigenvalue weighted by atomic mass is 79.9. The largest absolute Gasteiger partial charge is 0.328 e. The van der Waals surface area contributed by atoms with Crippen molar-refractivity contribution < 1.29 is 4.39 Å². The van der Waals surface area contributed by atoms with Crippen LogP contribution in [-0.2, 0) is 13.6 Å². The zero-order chi connectivity index (χ0) is 11.7. The summed E-state index contributed by atoms with van der Waals surface area (Å²) in [6.07, 6.45) is 3.40. The van der Waals surface area contributed by atoms with Gasteiger partial charge in [0.15, 0.2) is 0 Å². The standard InChI is InChI=1S/C11H10BrFN2O/c1-14-4-5-15(11(14)16)7-8-2-3-9(13)6-10(8)12/h2-6H,7H2,1H3. The lowest BCUT2D eigenvalue weighted by Crippen LogP contribution is -2.22. The predicted octanol–water partition coefficient (Wildman–Crippen LogP) is 2.14. The van der Waals surface area contributed by atoms with Gasteiger partial charge in [0.2, 0.25) is 0 Å². The first kappa shape index (κ1) is 11.1. The van der Waals surface area contributed by atoms with Crippen molar-refractivity contribution in [1.29, 1.82) is 0 Å². The van der Waals surface area contributed by atoms with Gasteiger partial charge in [0, 0.05) is 23.9 Å². The van der Waals surface area contributed by atoms with E-state index in [1.165, 1.54) is 16.7 Å². The van der Waals surface area contributed by atoms with Crippen molar-refractivity contribution in [2.45, 2.75) is 6.54 Å². The fourth-order valence-corrected chi connectivity index (χ4v) is 1.94. The van der Waals surface area contributed by atoms with Crippen LogP contribution in [-0.4, -0.2) is 9.13 Å². The number of imidazole rings is 1. The molecule has 0 fully saturated rings. The van der Waals surface area contributed by atoms with Crippen LogP contribution in [0.4, 0.5) is 4.39 Å². The molecular formula is C11H10BrFN2O. The summed E-state index contributed by atoms with van der Waals surface area (Å²) in [5, 5.41) is 0. The van der Waals surface area contributed by atoms with E-state index in [1.54, 1.807) is 30.1 Å². The van der Waals surface area contributed by atoms with E-state index >= 15 is 0 Å². The molecule has 2 aromatic rings. The van der Waals surface area contributed by atoms with Crippen LogP contribution in [0.2, 0.25) is 0 Å². The lowest BCUT2D eigenvalue weighted by atomic mass is 10.2. The van der Waals surface area contributed by atoms with Gasteiger partial charge in [-0.3, -0.25) is 4.57 Å². The zero-order valence-electron chi connectivity index (χ0n) is 8.65. The second kappa shape index (κ2) is 4.25. The molecule has 84 valence electrons. The van der Waals surface area contributed by atoms with Crippen molar-refractivity contribution in [3.8, 4) is 0 Å². The highest BCUT2D eigenvalue weighted by Crippen LogP contribution is 2.18. The molecule has 0 aliphatic heterocycles. The van der Waals surface area contributed by atoms with E-state index in [0.717, 1.165) is 5.56 Å². The zero-order valence-corrected chi connectivity index (χ0v) is 10.2. The maximum absolute atomic E-state index is 12.9. The molecule has 2 rings (SSSR count). The molecule has 0 spiro atoms. The minimum Gasteiger partial charge on any atom is -0.302 e. The summed E-state index contributed by atoms with van der Waals surface area (Å²) in [4.78, 5) is 11.6. The Morgan fingerprint density at radius 2 is 2.12 bits per heavy atom. The van der Waals surface area contributed by atoms with Gasteiger partial charge in [0.25, 0.3) is 0 Å². The van der Waals surface area contributed by atoms with Crippen molar-refractivity contribution >= 4 is 15.9 Å². The highest BCUT2D eigenvalue weighted by Gasteiger charge is 2.05. The van der Waals surface area contributed by atoms with Gasteiger partial charge >= 0.3 is 5.69 Å². The summed E-state index contributed by atoms with van der Waals surface area (Å²) in [6, 6.07) is 4.44. The van der Waals surface area contributed by atoms with Gasteiger partial charge in [-0.25, -0.2) is 9.18 Å². The minimum absolute atomic E-state index is 0.0868. The first-order chi connectivity index (χ1) is 7.58. The molecule has 0 atom stereocenters. The van der Waals surface area contributed by atoms with Gasteiger partial charge in [-0.05, 0) is 17.7 Å². The van der Waals surface area contributed by atoms with Crippen molar-refractivity contribution in [2.24, 2.45) is 7.05 Å². The second-order valence-electron chi connectivity index (χ2n) is 3.56. The molecule has 1 heterocycles. The SMILES string of the molecule is Cn1ccn(Cc2ccc(F)cc2Br)c1=O. The Morgan fingerprint density at radius 1 is 1.38 bits per heavy atom. The molecule has 0 aliphatic carbocycles. The molecule has 0 saturated heterocycles. The summed E-state index contributed by atoms with van der Waals surface area (Å²) in [7, 11) is 1.69. The van der Waals surface area contributed by atoms with Crippen LogP contribution in [0.5, 0.6) is 0 Å². The van der Waals surface area contributed by atoms with E-state index in [0.29, 0.717) is 11.0 Å². The van der Waals surface area contributed by atoms with Gasteiger partial charge in [-0.2, -0.15) is 0 Å². The van der Waals surface area contributed by atoms with Gasteiger partial charge < -0.3 is 4.57 Å². The molecular weight excluding hydrogens is 275 g/mol. The topological polar surface area (TPSA) is 26.9 Å². The van der Waals surface area contributed by atoms with E-state index in [-0.39, 0.29) is 11.5 Å². The molecule has 0 N–H and O–H groups in total. The third-order valence-electron chi connectivity index (χ3n) is 2.37. The maximum Gasteiger partial charge on any atom is 0.328 e. The molecule has 1 aromatic heterocycles. The van der Waals surface area contributed by atoms with Crippen molar-refractivity contribution in [2.75, 3.05) is 0 Å². The van der Waals surface area contributed by atoms with E-state index in [9.17, 15) is 9.18 Å². The van der Waals surface area contributed by atoms with Crippen LogP contribution in [0.3, 0.4) is 0 Å². The van der Waals surface area contributed by atoms with Gasteiger partial charge in [-0.15, -0.1) is 0 Å². The first-order valence-electron chi connectivity index (χ1n) is 4.73. The molecule has 3 nitrogen and oxygen atoms in total. The van der Waals surface area contributed by atoms with E-state index in [1.807, 2.05) is 0 Å². The molecule has 0 bridgehead atoms. The van der Waals surface area contributed by atoms with Crippen LogP contribution >= 0.6 is 15.9 Å². The third kappa shape index (κ3) is 2.09. The van der Waals surface area contributed by atoms with Crippen molar-refractivity contribution in [3.05, 3.63) is 56.9 Å². The minimum atomic E-state index is -0.295. The Balaban J connectivity index is 2.34. The number of aromatic nitrogens is 2. The second-order valence-corrected chi connectivity index (χ2v) is 4.41. The Morgan fingerprint density at radius 3 is 2.69 bits per heavy atom. The average molecular weight is 285 g/mol. The summed E-state index contributed by atoms with van der Waals surface area (Å²) in [6.45, 7) is 0.431. The monoisotopic (exact) mass is 284 g/mol. The van der Waals surface area contributed by atoms with Gasteiger partial charge in [-0.1, -0.05) is 22.0 Å². The normalized spacial score (nSPS) is 10.7. The number of hydrogen-bond acceptors (Lipinski definition) is 1. The molecule has 0 amide bonds. The molecule has 5 heteroatoms. The smallest absolute Gasteiger partial charge is 0.302 e. The molecule has 0 unspecified atom stereocenters. The van der Waals surface area contributed by atoms with Crippen LogP contribution in [0.15, 0.2) is 39.9 Å². The summed E-state index contributed by atoms with van der Waals surface area (Å²) in [5.41, 5.74) is 0.783. The fraction of sp³-hybridized carbons (Fsp3) is 0.182. The third-order valence-corrected chi connectivity index (χ3v) is 3.11. The molecule has 0 saturated carbocycles. The van der Waals surface area contributed by atoms with Gasteiger partial charge in [0.1, 0.15) is 5.82 Å². The van der Waals surface area contributed by atoms with Crippen LogP contribution in [0.25, 0.3) is 0 Å². The number of nitrogens with zero attached hydrogens (tertiary/aromatic N) is 2. The Bertz CT molecular complexity index is 574. The Labute approximate surface area is 100 Å². The number of hydrogen-bond donors (Lipinski definition) is 0. The summed E-state index contributed by atoms with van der Waals surface area (Å²) in [5.74, 6) is -0.295. The highest BCUT2D eigenvalue weighted by molar-refractivity contribution is 9.10. The summed E-state index contributed by atoms with van der Waals surface area (Å²) < 4.78 is 16.6. The number of aryl methyl sites for hydroxylation is 1. The lowest BCUT2D eigenvalue weighted by molar-refractivity contribution is 0.624. The van der Waals surface area contributed by atoms with E-state index in [2.05, 4.69) is 15.9 Å². The lowest BCUT2D eigenvalue weighted by Gasteiger charge is -2.04. The molecule has 1 aromatic carbocycles. The van der Waals surface area contributed by atoms with Crippen LogP contribution in [0, 0.1) is 5.82 Å². The van der Waals surface area contributed by atoms with E-state index < -0.39 is 0 Å². The molecule has 16 heavy (non-hydrogen) atoms. The molecule has 0 radical (unpaired) electrons. The predicted molar refractivity (Wildman–Crippen MR) is 62.9 cm³/mol. The fourth-order valence-electron chi connectivity index (χ4n) is 1.46. The number of benzene rings is 1. The maximum atomic E-state index is 12.9. The summed E-state index contributed by atoms with van der Waals surface area (Å²) >= 11 is 3.27. The van der Waals surface area contributed by atoms with Crippen LogP contribution < -0.4 is 5.69 Å². The number of rotatable bonds is 2. The molecule has 0 aliphatic rings.